The molecule has 0 amide bonds. The molecule has 0 saturated heterocycles. The zero-order valence-corrected chi connectivity index (χ0v) is 13.8. The molecule has 3 aromatic rings. The summed E-state index contributed by atoms with van der Waals surface area (Å²) in [7, 11) is 0. The fourth-order valence-electron chi connectivity index (χ4n) is 2.47. The molecular formula is C20H21NO4. The lowest BCUT2D eigenvalue weighted by Crippen LogP contribution is -2.26. The summed E-state index contributed by atoms with van der Waals surface area (Å²) < 4.78 is 16.7. The lowest BCUT2D eigenvalue weighted by molar-refractivity contribution is -0.0923. The maximum atomic E-state index is 10.5. The van der Waals surface area contributed by atoms with Crippen LogP contribution in [0.25, 0.3) is 0 Å². The first kappa shape index (κ1) is 17.4. The quantitative estimate of drug-likeness (QED) is 0.646. The molecule has 3 rings (SSSR count). The van der Waals surface area contributed by atoms with Crippen molar-refractivity contribution in [2.75, 3.05) is 6.61 Å². The van der Waals surface area contributed by atoms with Gasteiger partial charge in [0.15, 0.2) is 5.76 Å². The predicted octanol–water partition coefficient (Wildman–Crippen LogP) is 3.51. The number of aromatic nitrogens is 1. The molecule has 2 aromatic carbocycles. The second kappa shape index (κ2) is 9.13. The number of benzene rings is 2. The fourth-order valence-corrected chi connectivity index (χ4v) is 2.47. The van der Waals surface area contributed by atoms with Gasteiger partial charge in [0.25, 0.3) is 0 Å². The van der Waals surface area contributed by atoms with Gasteiger partial charge in [0.05, 0.1) is 26.0 Å². The van der Waals surface area contributed by atoms with Crippen LogP contribution in [0.4, 0.5) is 0 Å². The first-order valence-corrected chi connectivity index (χ1v) is 8.19. The molecule has 1 aromatic heterocycles. The normalized spacial score (nSPS) is 13.5. The van der Waals surface area contributed by atoms with Crippen molar-refractivity contribution in [2.24, 2.45) is 0 Å². The van der Waals surface area contributed by atoms with Crippen LogP contribution in [0.2, 0.25) is 0 Å². The van der Waals surface area contributed by atoms with E-state index in [0.29, 0.717) is 19.0 Å². The smallest absolute Gasteiger partial charge is 0.168 e. The monoisotopic (exact) mass is 339 g/mol. The Hall–Kier alpha value is -2.47. The molecule has 0 fully saturated rings. The van der Waals surface area contributed by atoms with Gasteiger partial charge in [-0.15, -0.1) is 0 Å². The highest BCUT2D eigenvalue weighted by atomic mass is 16.5. The minimum Gasteiger partial charge on any atom is -0.387 e. The third-order valence-corrected chi connectivity index (χ3v) is 3.76. The van der Waals surface area contributed by atoms with Crippen LogP contribution in [0.15, 0.2) is 77.4 Å². The molecule has 25 heavy (non-hydrogen) atoms. The average molecular weight is 339 g/mol. The summed E-state index contributed by atoms with van der Waals surface area (Å²) >= 11 is 0. The molecule has 0 aliphatic carbocycles. The maximum absolute atomic E-state index is 10.5. The summed E-state index contributed by atoms with van der Waals surface area (Å²) in [6, 6.07) is 21.3. The van der Waals surface area contributed by atoms with Crippen LogP contribution in [-0.4, -0.2) is 23.0 Å². The maximum Gasteiger partial charge on any atom is 0.168 e. The molecule has 0 aliphatic rings. The highest BCUT2D eigenvalue weighted by Gasteiger charge is 2.25. The number of hydrogen-bond acceptors (Lipinski definition) is 5. The molecule has 2 atom stereocenters. The van der Waals surface area contributed by atoms with Crippen molar-refractivity contribution < 1.29 is 19.1 Å². The molecular weight excluding hydrogens is 318 g/mol. The molecule has 1 heterocycles. The topological polar surface area (TPSA) is 64.7 Å². The van der Waals surface area contributed by atoms with E-state index in [9.17, 15) is 5.11 Å². The Kier molecular flexibility index (Phi) is 6.34. The van der Waals surface area contributed by atoms with Crippen LogP contribution in [0, 0.1) is 0 Å². The number of aliphatic hydroxyl groups excluding tert-OH is 1. The van der Waals surface area contributed by atoms with Crippen molar-refractivity contribution in [3.63, 3.8) is 0 Å². The lowest BCUT2D eigenvalue weighted by atomic mass is 10.1. The Morgan fingerprint density at radius 2 is 1.52 bits per heavy atom. The van der Waals surface area contributed by atoms with E-state index in [1.165, 1.54) is 6.20 Å². The van der Waals surface area contributed by atoms with Gasteiger partial charge in [-0.1, -0.05) is 65.8 Å². The molecule has 0 aliphatic heterocycles. The van der Waals surface area contributed by atoms with Gasteiger partial charge in [-0.3, -0.25) is 0 Å². The van der Waals surface area contributed by atoms with E-state index >= 15 is 0 Å². The molecule has 0 bridgehead atoms. The zero-order chi connectivity index (χ0) is 17.3. The summed E-state index contributed by atoms with van der Waals surface area (Å²) in [5.41, 5.74) is 2.07. The van der Waals surface area contributed by atoms with Gasteiger partial charge in [0.2, 0.25) is 0 Å². The first-order valence-electron chi connectivity index (χ1n) is 8.19. The highest BCUT2D eigenvalue weighted by Crippen LogP contribution is 2.23. The molecule has 0 radical (unpaired) electrons. The molecule has 5 nitrogen and oxygen atoms in total. The van der Waals surface area contributed by atoms with Gasteiger partial charge >= 0.3 is 0 Å². The molecule has 1 N–H and O–H groups in total. The number of hydrogen-bond donors (Lipinski definition) is 1. The Balaban J connectivity index is 1.56. The number of nitrogens with zero attached hydrogens (tertiary/aromatic N) is 1. The predicted molar refractivity (Wildman–Crippen MR) is 92.6 cm³/mol. The molecule has 0 spiro atoms. The largest absolute Gasteiger partial charge is 0.387 e. The van der Waals surface area contributed by atoms with Crippen molar-refractivity contribution in [2.45, 2.75) is 25.4 Å². The summed E-state index contributed by atoms with van der Waals surface area (Å²) in [6.07, 6.45) is 0.0324. The van der Waals surface area contributed by atoms with Crippen molar-refractivity contribution in [1.29, 1.82) is 0 Å². The fraction of sp³-hybridized carbons (Fsp3) is 0.250. The lowest BCUT2D eigenvalue weighted by Gasteiger charge is -2.21. The first-order chi connectivity index (χ1) is 12.3. The SMILES string of the molecule is O[C@H](COCc1ccccc1)[C@@H](OCc1ccccc1)c1ccno1. The molecule has 0 saturated carbocycles. The second-order valence-corrected chi connectivity index (χ2v) is 5.70. The Bertz CT molecular complexity index is 716. The highest BCUT2D eigenvalue weighted by molar-refractivity contribution is 5.14. The van der Waals surface area contributed by atoms with Crippen LogP contribution >= 0.6 is 0 Å². The summed E-state index contributed by atoms with van der Waals surface area (Å²) in [6.45, 7) is 0.927. The van der Waals surface area contributed by atoms with Crippen molar-refractivity contribution >= 4 is 0 Å². The van der Waals surface area contributed by atoms with Gasteiger partial charge in [-0.05, 0) is 11.1 Å². The van der Waals surface area contributed by atoms with Crippen molar-refractivity contribution in [3.8, 4) is 0 Å². The van der Waals surface area contributed by atoms with Gasteiger partial charge in [-0.25, -0.2) is 0 Å². The minimum atomic E-state index is -0.861. The summed E-state index contributed by atoms with van der Waals surface area (Å²) in [5.74, 6) is 0.478. The van der Waals surface area contributed by atoms with E-state index in [1.807, 2.05) is 60.7 Å². The second-order valence-electron chi connectivity index (χ2n) is 5.70. The van der Waals surface area contributed by atoms with Crippen LogP contribution in [0.5, 0.6) is 0 Å². The summed E-state index contributed by atoms with van der Waals surface area (Å²) in [4.78, 5) is 0. The van der Waals surface area contributed by atoms with E-state index < -0.39 is 12.2 Å². The van der Waals surface area contributed by atoms with Crippen LogP contribution in [0.3, 0.4) is 0 Å². The number of aliphatic hydroxyl groups is 1. The van der Waals surface area contributed by atoms with Crippen molar-refractivity contribution in [3.05, 3.63) is 89.8 Å². The van der Waals surface area contributed by atoms with Gasteiger partial charge in [0, 0.05) is 6.07 Å². The number of ether oxygens (including phenoxy) is 2. The van der Waals surface area contributed by atoms with Gasteiger partial charge < -0.3 is 19.1 Å². The average Bonchev–Trinajstić information content (AvgIpc) is 3.18. The summed E-state index contributed by atoms with van der Waals surface area (Å²) in [5, 5.41) is 14.2. The van der Waals surface area contributed by atoms with Gasteiger partial charge in [-0.2, -0.15) is 0 Å². The minimum absolute atomic E-state index is 0.134. The van der Waals surface area contributed by atoms with E-state index in [0.717, 1.165) is 11.1 Å². The van der Waals surface area contributed by atoms with Gasteiger partial charge in [0.1, 0.15) is 12.2 Å². The third-order valence-electron chi connectivity index (χ3n) is 3.76. The Morgan fingerprint density at radius 3 is 2.12 bits per heavy atom. The molecule has 5 heteroatoms. The molecule has 130 valence electrons. The zero-order valence-electron chi connectivity index (χ0n) is 13.8. The van der Waals surface area contributed by atoms with E-state index in [4.69, 9.17) is 14.0 Å². The third kappa shape index (κ3) is 5.26. The number of rotatable bonds is 9. The van der Waals surface area contributed by atoms with Crippen LogP contribution in [-0.2, 0) is 22.7 Å². The Labute approximate surface area is 146 Å². The van der Waals surface area contributed by atoms with Crippen LogP contribution in [0.1, 0.15) is 23.0 Å². The Morgan fingerprint density at radius 1 is 0.880 bits per heavy atom. The van der Waals surface area contributed by atoms with Crippen LogP contribution < -0.4 is 0 Å². The standard InChI is InChI=1S/C20H21NO4/c22-18(15-23-13-16-7-3-1-4-8-16)20(19-11-12-21-25-19)24-14-17-9-5-2-6-10-17/h1-12,18,20,22H,13-15H2/t18-,20-/m1/s1. The van der Waals surface area contributed by atoms with E-state index in [-0.39, 0.29) is 6.61 Å². The van der Waals surface area contributed by atoms with E-state index in [1.54, 1.807) is 6.07 Å². The van der Waals surface area contributed by atoms with E-state index in [2.05, 4.69) is 5.16 Å². The molecule has 0 unspecified atom stereocenters. The van der Waals surface area contributed by atoms with Crippen molar-refractivity contribution in [1.82, 2.24) is 5.16 Å².